The maximum absolute atomic E-state index is 12.0. The molecule has 2 atom stereocenters. The van der Waals surface area contributed by atoms with E-state index in [0.29, 0.717) is 37.5 Å². The predicted molar refractivity (Wildman–Crippen MR) is 90.6 cm³/mol. The van der Waals surface area contributed by atoms with Crippen LogP contribution in [0.25, 0.3) is 0 Å². The molecule has 130 valence electrons. The maximum atomic E-state index is 12.0. The summed E-state index contributed by atoms with van der Waals surface area (Å²) in [4.78, 5) is 14.5. The first-order chi connectivity index (χ1) is 11.1. The zero-order valence-electron chi connectivity index (χ0n) is 14.4. The summed E-state index contributed by atoms with van der Waals surface area (Å²) < 4.78 is 6.75. The molecule has 23 heavy (non-hydrogen) atoms. The molecule has 7 nitrogen and oxygen atoms in total. The van der Waals surface area contributed by atoms with Gasteiger partial charge in [0.05, 0.1) is 25.0 Å². The van der Waals surface area contributed by atoms with E-state index in [0.717, 1.165) is 6.54 Å². The van der Waals surface area contributed by atoms with E-state index in [1.165, 1.54) is 19.3 Å². The molecule has 0 spiro atoms. The van der Waals surface area contributed by atoms with Crippen LogP contribution in [0.15, 0.2) is 12.4 Å². The minimum Gasteiger partial charge on any atom is -0.383 e. The third-order valence-electron chi connectivity index (χ3n) is 4.39. The van der Waals surface area contributed by atoms with E-state index >= 15 is 0 Å². The quantitative estimate of drug-likeness (QED) is 0.804. The first kappa shape index (κ1) is 17.7. The number of aromatic nitrogens is 2. The first-order valence-electron chi connectivity index (χ1n) is 8.42. The van der Waals surface area contributed by atoms with Crippen LogP contribution < -0.4 is 10.6 Å². The van der Waals surface area contributed by atoms with Crippen molar-refractivity contribution in [1.29, 1.82) is 0 Å². The van der Waals surface area contributed by atoms with Gasteiger partial charge in [0.15, 0.2) is 0 Å². The molecule has 0 aliphatic carbocycles. The van der Waals surface area contributed by atoms with Crippen molar-refractivity contribution in [2.75, 3.05) is 32.1 Å². The van der Waals surface area contributed by atoms with Gasteiger partial charge in [-0.1, -0.05) is 6.42 Å². The van der Waals surface area contributed by atoms with Crippen LogP contribution in [0, 0.1) is 0 Å². The van der Waals surface area contributed by atoms with Crippen LogP contribution in [0.1, 0.15) is 33.1 Å². The normalized spacial score (nSPS) is 20.2. The Morgan fingerprint density at radius 1 is 1.52 bits per heavy atom. The number of carbonyl (C=O) groups excluding carboxylic acids is 1. The van der Waals surface area contributed by atoms with Gasteiger partial charge in [0.2, 0.25) is 0 Å². The highest BCUT2D eigenvalue weighted by molar-refractivity contribution is 5.88. The van der Waals surface area contributed by atoms with Crippen molar-refractivity contribution in [3.05, 3.63) is 12.4 Å². The number of hydrogen-bond acceptors (Lipinski definition) is 4. The Morgan fingerprint density at radius 3 is 3.09 bits per heavy atom. The summed E-state index contributed by atoms with van der Waals surface area (Å²) in [5.41, 5.74) is 0.692. The largest absolute Gasteiger partial charge is 0.383 e. The Kier molecular flexibility index (Phi) is 6.85. The Labute approximate surface area is 138 Å². The minimum atomic E-state index is -0.187. The molecule has 1 aliphatic heterocycles. The second-order valence-corrected chi connectivity index (χ2v) is 6.25. The molecule has 1 aromatic heterocycles. The molecule has 7 heteroatoms. The molecule has 2 unspecified atom stereocenters. The van der Waals surface area contributed by atoms with Gasteiger partial charge in [-0.05, 0) is 33.2 Å². The van der Waals surface area contributed by atoms with E-state index in [-0.39, 0.29) is 6.03 Å². The number of methoxy groups -OCH3 is 1. The van der Waals surface area contributed by atoms with Gasteiger partial charge >= 0.3 is 6.03 Å². The summed E-state index contributed by atoms with van der Waals surface area (Å²) in [6, 6.07) is 0.760. The van der Waals surface area contributed by atoms with Crippen LogP contribution in [0.5, 0.6) is 0 Å². The summed E-state index contributed by atoms with van der Waals surface area (Å²) >= 11 is 0. The molecule has 1 fully saturated rings. The number of ether oxygens (including phenoxy) is 1. The molecular weight excluding hydrogens is 294 g/mol. The Bertz CT molecular complexity index is 491. The fourth-order valence-corrected chi connectivity index (χ4v) is 3.04. The van der Waals surface area contributed by atoms with Crippen LogP contribution in [0.3, 0.4) is 0 Å². The molecular formula is C16H29N5O2. The molecule has 0 bridgehead atoms. The highest BCUT2D eigenvalue weighted by Gasteiger charge is 2.23. The van der Waals surface area contributed by atoms with Crippen LogP contribution >= 0.6 is 0 Å². The van der Waals surface area contributed by atoms with Gasteiger partial charge in [0, 0.05) is 31.9 Å². The minimum absolute atomic E-state index is 0.187. The van der Waals surface area contributed by atoms with Crippen molar-refractivity contribution in [3.8, 4) is 0 Å². The summed E-state index contributed by atoms with van der Waals surface area (Å²) in [5, 5.41) is 9.93. The van der Waals surface area contributed by atoms with Gasteiger partial charge in [0.1, 0.15) is 0 Å². The summed E-state index contributed by atoms with van der Waals surface area (Å²) in [6.07, 6.45) is 7.25. The average Bonchev–Trinajstić information content (AvgIpc) is 2.98. The second kappa shape index (κ2) is 8.88. The Balaban J connectivity index is 1.72. The fraction of sp³-hybridized carbons (Fsp3) is 0.750. The third-order valence-corrected chi connectivity index (χ3v) is 4.39. The van der Waals surface area contributed by atoms with Crippen molar-refractivity contribution in [1.82, 2.24) is 20.0 Å². The monoisotopic (exact) mass is 323 g/mol. The number of carbonyl (C=O) groups is 1. The summed E-state index contributed by atoms with van der Waals surface area (Å²) in [6.45, 7) is 7.48. The number of likely N-dealkylation sites (tertiary alicyclic amines) is 1. The van der Waals surface area contributed by atoms with Crippen molar-refractivity contribution in [2.24, 2.45) is 0 Å². The van der Waals surface area contributed by atoms with Crippen LogP contribution in [0.4, 0.5) is 10.5 Å². The standard InChI is InChI=1S/C16H29N5O2/c1-13-6-4-5-7-21(13)14(2)10-17-16(22)19-15-11-18-20(12-15)8-9-23-3/h11-14H,4-10H2,1-3H3,(H2,17,19,22). The lowest BCUT2D eigenvalue weighted by Gasteiger charge is -2.38. The van der Waals surface area contributed by atoms with E-state index in [9.17, 15) is 4.79 Å². The highest BCUT2D eigenvalue weighted by atomic mass is 16.5. The van der Waals surface area contributed by atoms with Crippen molar-refractivity contribution < 1.29 is 9.53 Å². The maximum Gasteiger partial charge on any atom is 0.319 e. The Morgan fingerprint density at radius 2 is 2.35 bits per heavy atom. The van der Waals surface area contributed by atoms with Gasteiger partial charge in [-0.25, -0.2) is 4.79 Å². The Hall–Kier alpha value is -1.60. The van der Waals surface area contributed by atoms with E-state index in [1.54, 1.807) is 24.2 Å². The summed E-state index contributed by atoms with van der Waals surface area (Å²) in [5.74, 6) is 0. The van der Waals surface area contributed by atoms with Crippen LogP contribution in [0.2, 0.25) is 0 Å². The van der Waals surface area contributed by atoms with Gasteiger partial charge in [0.25, 0.3) is 0 Å². The van der Waals surface area contributed by atoms with Crippen molar-refractivity contribution in [3.63, 3.8) is 0 Å². The number of anilines is 1. The van der Waals surface area contributed by atoms with Gasteiger partial charge in [-0.15, -0.1) is 0 Å². The average molecular weight is 323 g/mol. The lowest BCUT2D eigenvalue weighted by molar-refractivity contribution is 0.114. The number of urea groups is 1. The first-order valence-corrected chi connectivity index (χ1v) is 8.42. The van der Waals surface area contributed by atoms with E-state index in [1.807, 2.05) is 0 Å². The molecule has 2 rings (SSSR count). The molecule has 2 N–H and O–H groups in total. The van der Waals surface area contributed by atoms with Gasteiger partial charge in [-0.2, -0.15) is 5.10 Å². The zero-order chi connectivity index (χ0) is 16.7. The number of piperidine rings is 1. The lowest BCUT2D eigenvalue weighted by atomic mass is 10.0. The molecule has 1 saturated heterocycles. The molecule has 2 amide bonds. The van der Waals surface area contributed by atoms with Crippen LogP contribution in [-0.2, 0) is 11.3 Å². The van der Waals surface area contributed by atoms with Crippen molar-refractivity contribution >= 4 is 11.7 Å². The topological polar surface area (TPSA) is 71.4 Å². The smallest absolute Gasteiger partial charge is 0.319 e. The number of hydrogen-bond donors (Lipinski definition) is 2. The van der Waals surface area contributed by atoms with E-state index in [2.05, 4.69) is 34.5 Å². The molecule has 0 aromatic carbocycles. The zero-order valence-corrected chi connectivity index (χ0v) is 14.4. The van der Waals surface area contributed by atoms with Crippen LogP contribution in [-0.4, -0.2) is 59.6 Å². The van der Waals surface area contributed by atoms with E-state index in [4.69, 9.17) is 4.74 Å². The predicted octanol–water partition coefficient (Wildman–Crippen LogP) is 1.91. The second-order valence-electron chi connectivity index (χ2n) is 6.25. The number of nitrogens with one attached hydrogen (secondary N) is 2. The molecule has 1 aliphatic rings. The number of rotatable bonds is 7. The number of amides is 2. The van der Waals surface area contributed by atoms with Gasteiger partial charge < -0.3 is 15.4 Å². The fourth-order valence-electron chi connectivity index (χ4n) is 3.04. The molecule has 0 radical (unpaired) electrons. The molecule has 2 heterocycles. The highest BCUT2D eigenvalue weighted by Crippen LogP contribution is 2.18. The molecule has 1 aromatic rings. The number of nitrogens with zero attached hydrogens (tertiary/aromatic N) is 3. The summed E-state index contributed by atoms with van der Waals surface area (Å²) in [7, 11) is 1.65. The van der Waals surface area contributed by atoms with E-state index < -0.39 is 0 Å². The molecule has 0 saturated carbocycles. The SMILES string of the molecule is COCCn1cc(NC(=O)NCC(C)N2CCCCC2C)cn1. The van der Waals surface area contributed by atoms with Crippen molar-refractivity contribution in [2.45, 2.75) is 51.7 Å². The van der Waals surface area contributed by atoms with Gasteiger partial charge in [-0.3, -0.25) is 9.58 Å². The third kappa shape index (κ3) is 5.51. The lowest BCUT2D eigenvalue weighted by Crippen LogP contribution is -2.49.